The molecule has 0 bridgehead atoms. The Kier molecular flexibility index (Phi) is 10.4. The van der Waals surface area contributed by atoms with E-state index in [-0.39, 0.29) is 30.1 Å². The predicted octanol–water partition coefficient (Wildman–Crippen LogP) is 3.70. The molecule has 2 aromatic carbocycles. The maximum atomic E-state index is 14.0. The molecule has 3 aromatic rings. The van der Waals surface area contributed by atoms with Crippen molar-refractivity contribution in [2.75, 3.05) is 38.3 Å². The Morgan fingerprint density at radius 1 is 1.02 bits per heavy atom. The van der Waals surface area contributed by atoms with Gasteiger partial charge in [0.2, 0.25) is 11.8 Å². The van der Waals surface area contributed by atoms with Crippen LogP contribution in [0.5, 0.6) is 11.5 Å². The second-order valence-electron chi connectivity index (χ2n) is 11.2. The molecule has 0 fully saturated rings. The molecule has 2 aliphatic heterocycles. The van der Waals surface area contributed by atoms with Gasteiger partial charge in [0.05, 0.1) is 18.2 Å². The van der Waals surface area contributed by atoms with Crippen LogP contribution in [-0.4, -0.2) is 81.7 Å². The Labute approximate surface area is 262 Å². The number of fused-ring (bicyclic) bond motifs is 2. The smallest absolute Gasteiger partial charge is 0.257 e. The normalized spacial score (nSPS) is 19.5. The van der Waals surface area contributed by atoms with Gasteiger partial charge < -0.3 is 25.0 Å². The van der Waals surface area contributed by atoms with Crippen molar-refractivity contribution >= 4 is 29.5 Å². The number of hydrogen-bond donors (Lipinski definition) is 2. The van der Waals surface area contributed by atoms with E-state index in [1.54, 1.807) is 39.5 Å². The highest BCUT2D eigenvalue weighted by Crippen LogP contribution is 2.34. The third-order valence-corrected chi connectivity index (χ3v) is 8.38. The second kappa shape index (κ2) is 14.6. The molecule has 12 heteroatoms. The number of amides is 3. The summed E-state index contributed by atoms with van der Waals surface area (Å²) >= 11 is 1.62. The number of rotatable bonds is 6. The fourth-order valence-electron chi connectivity index (χ4n) is 5.39. The highest BCUT2D eigenvalue weighted by Gasteiger charge is 2.31. The van der Waals surface area contributed by atoms with Crippen molar-refractivity contribution in [2.45, 2.75) is 51.7 Å². The summed E-state index contributed by atoms with van der Waals surface area (Å²) in [6.07, 6.45) is 3.08. The monoisotopic (exact) mass is 620 g/mol. The van der Waals surface area contributed by atoms with Gasteiger partial charge in [-0.2, -0.15) is 16.9 Å². The quantitative estimate of drug-likeness (QED) is 0.427. The van der Waals surface area contributed by atoms with Crippen molar-refractivity contribution in [3.8, 4) is 22.9 Å². The molecule has 1 aromatic heterocycles. The van der Waals surface area contributed by atoms with Crippen molar-refractivity contribution in [1.82, 2.24) is 30.3 Å². The van der Waals surface area contributed by atoms with Crippen molar-refractivity contribution < 1.29 is 23.9 Å². The van der Waals surface area contributed by atoms with Gasteiger partial charge in [-0.1, -0.05) is 50.2 Å². The zero-order valence-corrected chi connectivity index (χ0v) is 26.3. The number of carbonyl (C=O) groups is 3. The van der Waals surface area contributed by atoms with Gasteiger partial charge >= 0.3 is 0 Å². The fraction of sp³-hybridized carbons (Fsp3) is 0.469. The minimum atomic E-state index is -0.685. The van der Waals surface area contributed by atoms with Crippen LogP contribution in [0.2, 0.25) is 0 Å². The number of ether oxygens (including phenoxy) is 2. The van der Waals surface area contributed by atoms with E-state index in [2.05, 4.69) is 10.6 Å². The molecule has 0 radical (unpaired) electrons. The maximum Gasteiger partial charge on any atom is 0.257 e. The third-order valence-electron chi connectivity index (χ3n) is 7.73. The zero-order valence-electron chi connectivity index (χ0n) is 25.5. The average Bonchev–Trinajstić information content (AvgIpc) is 3.46. The molecule has 0 saturated heterocycles. The second-order valence-corrected chi connectivity index (χ2v) is 12.2. The summed E-state index contributed by atoms with van der Waals surface area (Å²) < 4.78 is 13.4. The van der Waals surface area contributed by atoms with Crippen LogP contribution < -0.4 is 20.1 Å². The van der Waals surface area contributed by atoms with E-state index in [1.165, 1.54) is 0 Å². The van der Waals surface area contributed by atoms with E-state index in [4.69, 9.17) is 19.6 Å². The summed E-state index contributed by atoms with van der Waals surface area (Å²) in [5.41, 5.74) is 1.27. The number of hydrogen-bond acceptors (Lipinski definition) is 8. The lowest BCUT2D eigenvalue weighted by Gasteiger charge is -2.28. The minimum absolute atomic E-state index is 0.0268. The van der Waals surface area contributed by atoms with E-state index in [0.717, 1.165) is 5.56 Å². The Bertz CT molecular complexity index is 1460. The maximum absolute atomic E-state index is 14.0. The molecule has 5 rings (SSSR count). The Balaban J connectivity index is 1.52. The average molecular weight is 621 g/mol. The SMILES string of the molecule is CSCC[C@@H]1NC(=O)CCCN(C(=O)c2cccc3c2OCCO3)CCn2nc(-c3ccccc3)nc2[C@@H](C(C)C)NC1=O. The highest BCUT2D eigenvalue weighted by atomic mass is 32.2. The summed E-state index contributed by atoms with van der Waals surface area (Å²) in [6, 6.07) is 13.8. The molecule has 0 unspecified atom stereocenters. The molecule has 0 spiro atoms. The number of para-hydroxylation sites is 1. The lowest BCUT2D eigenvalue weighted by Crippen LogP contribution is -2.49. The van der Waals surface area contributed by atoms with Crippen LogP contribution in [0.25, 0.3) is 11.4 Å². The fourth-order valence-corrected chi connectivity index (χ4v) is 5.86. The predicted molar refractivity (Wildman–Crippen MR) is 169 cm³/mol. The third kappa shape index (κ3) is 7.35. The first-order valence-corrected chi connectivity index (χ1v) is 16.5. The van der Waals surface area contributed by atoms with Crippen LogP contribution in [0.3, 0.4) is 0 Å². The van der Waals surface area contributed by atoms with Crippen LogP contribution in [0.15, 0.2) is 48.5 Å². The van der Waals surface area contributed by atoms with Gasteiger partial charge in [0.1, 0.15) is 19.3 Å². The van der Waals surface area contributed by atoms with Crippen molar-refractivity contribution in [3.05, 3.63) is 59.9 Å². The summed E-state index contributed by atoms with van der Waals surface area (Å²) in [4.78, 5) is 47.3. The molecule has 234 valence electrons. The van der Waals surface area contributed by atoms with Crippen molar-refractivity contribution in [3.63, 3.8) is 0 Å². The summed E-state index contributed by atoms with van der Waals surface area (Å²) in [5, 5.41) is 11.0. The number of nitrogens with zero attached hydrogens (tertiary/aromatic N) is 4. The summed E-state index contributed by atoms with van der Waals surface area (Å²) in [6.45, 7) is 5.80. The lowest BCUT2D eigenvalue weighted by atomic mass is 10.0. The van der Waals surface area contributed by atoms with Crippen LogP contribution in [-0.2, 0) is 16.1 Å². The van der Waals surface area contributed by atoms with Crippen molar-refractivity contribution in [1.29, 1.82) is 0 Å². The Morgan fingerprint density at radius 2 is 1.82 bits per heavy atom. The van der Waals surface area contributed by atoms with Crippen LogP contribution in [0.4, 0.5) is 0 Å². The molecular weight excluding hydrogens is 580 g/mol. The van der Waals surface area contributed by atoms with E-state index >= 15 is 0 Å². The first-order valence-electron chi connectivity index (χ1n) is 15.1. The molecule has 3 heterocycles. The Hall–Kier alpha value is -4.06. The summed E-state index contributed by atoms with van der Waals surface area (Å²) in [7, 11) is 0. The summed E-state index contributed by atoms with van der Waals surface area (Å²) in [5.74, 6) is 2.13. The standard InChI is InChI=1S/C32H40N6O5S/c1-21(2)27-30-35-29(22-9-5-4-6-10-22)36-38(30)17-16-37(32(41)23-11-7-12-25-28(23)43-19-18-42-25)15-8-13-26(39)33-24(14-20-44-3)31(40)34-27/h4-7,9-12,21,24,27H,8,13-20H2,1-3H3,(H,33,39)(H,34,40)/t24-,27+/m0/s1. The van der Waals surface area contributed by atoms with Gasteiger partial charge in [-0.3, -0.25) is 14.4 Å². The molecule has 2 N–H and O–H groups in total. The highest BCUT2D eigenvalue weighted by molar-refractivity contribution is 7.98. The number of benzene rings is 2. The zero-order chi connectivity index (χ0) is 31.1. The molecule has 11 nitrogen and oxygen atoms in total. The Morgan fingerprint density at radius 3 is 2.59 bits per heavy atom. The number of nitrogens with one attached hydrogen (secondary N) is 2. The first kappa shape index (κ1) is 31.4. The largest absolute Gasteiger partial charge is 0.486 e. The molecule has 2 aliphatic rings. The van der Waals surface area contributed by atoms with Gasteiger partial charge in [-0.15, -0.1) is 0 Å². The van der Waals surface area contributed by atoms with Gasteiger partial charge in [-0.05, 0) is 42.9 Å². The molecule has 3 amide bonds. The number of aromatic nitrogens is 3. The van der Waals surface area contributed by atoms with E-state index in [0.29, 0.717) is 80.2 Å². The molecule has 44 heavy (non-hydrogen) atoms. The lowest BCUT2D eigenvalue weighted by molar-refractivity contribution is -0.129. The molecule has 2 atom stereocenters. The van der Waals surface area contributed by atoms with Gasteiger partial charge in [0, 0.05) is 25.1 Å². The van der Waals surface area contributed by atoms with Gasteiger partial charge in [0.25, 0.3) is 5.91 Å². The number of thioether (sulfide) groups is 1. The molecule has 0 aliphatic carbocycles. The van der Waals surface area contributed by atoms with Gasteiger partial charge in [-0.25, -0.2) is 9.67 Å². The van der Waals surface area contributed by atoms with Crippen molar-refractivity contribution in [2.24, 2.45) is 5.92 Å². The van der Waals surface area contributed by atoms with E-state index in [9.17, 15) is 14.4 Å². The minimum Gasteiger partial charge on any atom is -0.486 e. The number of carbonyl (C=O) groups excluding carboxylic acids is 3. The van der Waals surface area contributed by atoms with Crippen LogP contribution in [0, 0.1) is 5.92 Å². The van der Waals surface area contributed by atoms with Crippen LogP contribution >= 0.6 is 11.8 Å². The first-order chi connectivity index (χ1) is 21.4. The van der Waals surface area contributed by atoms with E-state index < -0.39 is 12.1 Å². The topological polar surface area (TPSA) is 128 Å². The van der Waals surface area contributed by atoms with E-state index in [1.807, 2.05) is 50.4 Å². The van der Waals surface area contributed by atoms with Crippen LogP contribution in [0.1, 0.15) is 55.3 Å². The molecule has 0 saturated carbocycles. The van der Waals surface area contributed by atoms with Gasteiger partial charge in [0.15, 0.2) is 23.1 Å². The molecular formula is C32H40N6O5S.